The molecule has 108 valence electrons. The Morgan fingerprint density at radius 1 is 1.06 bits per heavy atom. The third kappa shape index (κ3) is 19.4. The second-order valence-electron chi connectivity index (χ2n) is 3.58. The molecule has 18 heavy (non-hydrogen) atoms. The molecule has 0 aromatic heterocycles. The number of alkyl halides is 1. The zero-order chi connectivity index (χ0) is 12.8. The van der Waals surface area contributed by atoms with Crippen LogP contribution in [0.5, 0.6) is 0 Å². The Morgan fingerprint density at radius 2 is 1.50 bits per heavy atom. The quantitative estimate of drug-likeness (QED) is 0.360. The summed E-state index contributed by atoms with van der Waals surface area (Å²) in [5.74, 6) is 1.16. The van der Waals surface area contributed by atoms with Crippen molar-refractivity contribution in [2.75, 3.05) is 41.0 Å². The van der Waals surface area contributed by atoms with Gasteiger partial charge in [-0.05, 0) is 24.5 Å². The molecule has 0 aliphatic heterocycles. The molecule has 0 radical (unpaired) electrons. The molecule has 0 amide bonds. The van der Waals surface area contributed by atoms with E-state index in [4.69, 9.17) is 0 Å². The molecule has 1 rings (SSSR count). The minimum atomic E-state index is -0.547. The van der Waals surface area contributed by atoms with Crippen LogP contribution in [0.2, 0.25) is 0 Å². The van der Waals surface area contributed by atoms with E-state index in [1.165, 1.54) is 11.9 Å². The molecule has 0 saturated heterocycles. The summed E-state index contributed by atoms with van der Waals surface area (Å²) in [7, 11) is 8.76. The van der Waals surface area contributed by atoms with Crippen LogP contribution in [0, 0.1) is 13.3 Å². The summed E-state index contributed by atoms with van der Waals surface area (Å²) in [6, 6.07) is 0. The van der Waals surface area contributed by atoms with Crippen molar-refractivity contribution in [3.8, 4) is 0 Å². The second-order valence-corrected chi connectivity index (χ2v) is 4.54. The fraction of sp³-hybridized carbons (Fsp3) is 0.917. The molecule has 1 fully saturated rings. The number of hydrogen-bond donors (Lipinski definition) is 0. The average molecular weight is 444 g/mol. The van der Waals surface area contributed by atoms with Gasteiger partial charge in [-0.3, -0.25) is 11.9 Å². The van der Waals surface area contributed by atoms with Crippen molar-refractivity contribution in [2.45, 2.75) is 25.4 Å². The van der Waals surface area contributed by atoms with Gasteiger partial charge in [0.2, 0.25) is 0 Å². The molecule has 1 aliphatic carbocycles. The van der Waals surface area contributed by atoms with Crippen molar-refractivity contribution in [3.05, 3.63) is 22.8 Å². The van der Waals surface area contributed by atoms with Gasteiger partial charge in [0.1, 0.15) is 6.17 Å². The first-order valence-corrected chi connectivity index (χ1v) is 6.43. The van der Waals surface area contributed by atoms with Crippen LogP contribution in [0.1, 0.15) is 19.3 Å². The zero-order valence-electron chi connectivity index (χ0n) is 12.6. The van der Waals surface area contributed by atoms with Crippen molar-refractivity contribution in [3.63, 3.8) is 0 Å². The van der Waals surface area contributed by atoms with E-state index in [9.17, 15) is 4.39 Å². The molecule has 1 aliphatic rings. The maximum absolute atomic E-state index is 12.9. The molecular formula is C12H28FHfN3S. The summed E-state index contributed by atoms with van der Waals surface area (Å²) in [5, 5.41) is 7.00. The second kappa shape index (κ2) is 23.1. The Kier molecular flexibility index (Phi) is 35.2. The summed E-state index contributed by atoms with van der Waals surface area (Å²) in [5.41, 5.74) is 0. The first kappa shape index (κ1) is 27.4. The molecule has 1 unspecified atom stereocenters. The van der Waals surface area contributed by atoms with Crippen LogP contribution >= 0.6 is 11.9 Å². The van der Waals surface area contributed by atoms with Gasteiger partial charge >= 0.3 is 25.8 Å². The van der Waals surface area contributed by atoms with E-state index >= 15 is 0 Å². The predicted octanol–water partition coefficient (Wildman–Crippen LogP) is 4.46. The van der Waals surface area contributed by atoms with E-state index in [2.05, 4.69) is 15.4 Å². The van der Waals surface area contributed by atoms with E-state index in [0.29, 0.717) is 0 Å². The monoisotopic (exact) mass is 445 g/mol. The standard InChI is InChI=1S/C7H13FNS.2C2H6N.CH3.Hf/c1-9-10-5-6-3-2-4-7(6)8;2*1-3-2;;/h6-7H,2-5H2,1H3;2*1-2H3;1H3;/q4*-1;+4/t6-,7?;;;;/m0..../s1. The van der Waals surface area contributed by atoms with Gasteiger partial charge in [0.15, 0.2) is 0 Å². The third-order valence-electron chi connectivity index (χ3n) is 1.98. The van der Waals surface area contributed by atoms with Crippen LogP contribution in [-0.4, -0.2) is 47.2 Å². The Bertz CT molecular complexity index is 132. The minimum absolute atomic E-state index is 0. The maximum atomic E-state index is 12.9. The van der Waals surface area contributed by atoms with E-state index in [-0.39, 0.29) is 39.2 Å². The van der Waals surface area contributed by atoms with Crippen LogP contribution in [-0.2, 0) is 25.8 Å². The molecule has 0 aromatic rings. The summed E-state index contributed by atoms with van der Waals surface area (Å²) in [6.07, 6.45) is 2.35. The largest absolute Gasteiger partial charge is 4.00 e. The predicted molar refractivity (Wildman–Crippen MR) is 80.8 cm³/mol. The maximum Gasteiger partial charge on any atom is 4.00 e. The van der Waals surface area contributed by atoms with E-state index in [0.717, 1.165) is 25.0 Å². The van der Waals surface area contributed by atoms with Gasteiger partial charge in [-0.2, -0.15) is 35.2 Å². The van der Waals surface area contributed by atoms with Crippen molar-refractivity contribution in [2.24, 2.45) is 5.92 Å². The van der Waals surface area contributed by atoms with Gasteiger partial charge in [0.25, 0.3) is 0 Å². The molecule has 0 aromatic carbocycles. The minimum Gasteiger partial charge on any atom is -0.668 e. The molecule has 0 N–H and O–H groups in total. The van der Waals surface area contributed by atoms with Gasteiger partial charge < -0.3 is 22.8 Å². The number of nitrogens with zero attached hydrogens (tertiary/aromatic N) is 3. The molecule has 0 spiro atoms. The number of rotatable bonds is 3. The number of halogens is 1. The first-order valence-electron chi connectivity index (χ1n) is 5.48. The van der Waals surface area contributed by atoms with Crippen LogP contribution < -0.4 is 0 Å². The average Bonchev–Trinajstić information content (AvgIpc) is 2.63. The molecule has 6 heteroatoms. The third-order valence-corrected chi connectivity index (χ3v) is 2.82. The van der Waals surface area contributed by atoms with Crippen LogP contribution in [0.3, 0.4) is 0 Å². The Morgan fingerprint density at radius 3 is 1.78 bits per heavy atom. The number of hydrogen-bond acceptors (Lipinski definition) is 1. The molecule has 2 atom stereocenters. The SMILES string of the molecule is C[N-]C.C[N-]C.C[N-]SC[C@@H]1CCCC1F.[CH3-].[Hf+4]. The summed E-state index contributed by atoms with van der Waals surface area (Å²) < 4.78 is 16.7. The normalized spacial score (nSPS) is 20.3. The Hall–Kier alpha value is 1.03. The smallest absolute Gasteiger partial charge is 0.668 e. The van der Waals surface area contributed by atoms with Crippen molar-refractivity contribution in [1.82, 2.24) is 0 Å². The molecule has 0 bridgehead atoms. The molecule has 1 saturated carbocycles. The first-order chi connectivity index (χ1) is 7.67. The van der Waals surface area contributed by atoms with E-state index in [1.807, 2.05) is 0 Å². The Balaban J connectivity index is -0.000000106. The van der Waals surface area contributed by atoms with E-state index < -0.39 is 6.17 Å². The summed E-state index contributed by atoms with van der Waals surface area (Å²) >= 11 is 1.49. The van der Waals surface area contributed by atoms with Gasteiger partial charge in [0.05, 0.1) is 0 Å². The van der Waals surface area contributed by atoms with Gasteiger partial charge in [0, 0.05) is 0 Å². The summed E-state index contributed by atoms with van der Waals surface area (Å²) in [6.45, 7) is 0. The van der Waals surface area contributed by atoms with Crippen LogP contribution in [0.15, 0.2) is 0 Å². The summed E-state index contributed by atoms with van der Waals surface area (Å²) in [4.78, 5) is 0. The van der Waals surface area contributed by atoms with Crippen LogP contribution in [0.25, 0.3) is 15.4 Å². The zero-order valence-corrected chi connectivity index (χ0v) is 17.0. The van der Waals surface area contributed by atoms with Gasteiger partial charge in [-0.25, -0.2) is 4.39 Å². The fourth-order valence-corrected chi connectivity index (χ4v) is 2.07. The van der Waals surface area contributed by atoms with Crippen LogP contribution in [0.4, 0.5) is 4.39 Å². The van der Waals surface area contributed by atoms with Crippen molar-refractivity contribution in [1.29, 1.82) is 0 Å². The van der Waals surface area contributed by atoms with Gasteiger partial charge in [-0.1, -0.05) is 6.42 Å². The van der Waals surface area contributed by atoms with E-state index in [1.54, 1.807) is 35.2 Å². The van der Waals surface area contributed by atoms with Gasteiger partial charge in [-0.15, -0.1) is 0 Å². The molecule has 0 heterocycles. The van der Waals surface area contributed by atoms with Crippen molar-refractivity contribution >= 4 is 11.9 Å². The van der Waals surface area contributed by atoms with Crippen molar-refractivity contribution < 1.29 is 30.2 Å². The molecule has 3 nitrogen and oxygen atoms in total. The topological polar surface area (TPSA) is 42.3 Å². The molecular weight excluding hydrogens is 416 g/mol. The fourth-order valence-electron chi connectivity index (χ4n) is 1.35. The Labute approximate surface area is 137 Å².